The smallest absolute Gasteiger partial charge is 0.119 e. The Labute approximate surface area is 98.0 Å². The molecule has 0 aliphatic heterocycles. The van der Waals surface area contributed by atoms with E-state index >= 15 is 0 Å². The molecule has 86 valence electrons. The summed E-state index contributed by atoms with van der Waals surface area (Å²) in [6.45, 7) is 7.38. The molecule has 2 nitrogen and oxygen atoms in total. The predicted molar refractivity (Wildman–Crippen MR) is 67.6 cm³/mol. The lowest BCUT2D eigenvalue weighted by molar-refractivity contribution is 0.277. The third-order valence-corrected chi connectivity index (χ3v) is 2.24. The highest BCUT2D eigenvalue weighted by molar-refractivity contribution is 5.26. The lowest BCUT2D eigenvalue weighted by Gasteiger charge is -2.13. The monoisotopic (exact) mass is 217 g/mol. The van der Waals surface area contributed by atoms with E-state index in [0.29, 0.717) is 12.6 Å². The van der Waals surface area contributed by atoms with E-state index in [1.54, 1.807) is 0 Å². The Kier molecular flexibility index (Phi) is 5.45. The molecule has 16 heavy (non-hydrogen) atoms. The number of hydrogen-bond acceptors (Lipinski definition) is 2. The van der Waals surface area contributed by atoms with Crippen molar-refractivity contribution in [2.45, 2.75) is 26.8 Å². The molecule has 1 rings (SSSR count). The Morgan fingerprint density at radius 3 is 2.62 bits per heavy atom. The van der Waals surface area contributed by atoms with Gasteiger partial charge in [-0.1, -0.05) is 23.6 Å². The maximum absolute atomic E-state index is 5.64. The molecule has 1 N–H and O–H groups in total. The second kappa shape index (κ2) is 6.92. The third kappa shape index (κ3) is 4.86. The molecule has 0 saturated heterocycles. The zero-order valence-electron chi connectivity index (χ0n) is 10.2. The summed E-state index contributed by atoms with van der Waals surface area (Å²) in [6, 6.07) is 8.40. The van der Waals surface area contributed by atoms with Crippen molar-refractivity contribution in [1.82, 2.24) is 5.32 Å². The minimum Gasteiger partial charge on any atom is -0.492 e. The normalized spacial score (nSPS) is 11.4. The molecule has 0 fully saturated rings. The van der Waals surface area contributed by atoms with E-state index in [9.17, 15) is 0 Å². The van der Waals surface area contributed by atoms with Gasteiger partial charge in [0.05, 0.1) is 6.54 Å². The SMILES string of the molecule is CC#CCNC(C)COc1ccc(C)cc1. The van der Waals surface area contributed by atoms with Crippen LogP contribution in [-0.2, 0) is 0 Å². The lowest BCUT2D eigenvalue weighted by Crippen LogP contribution is -2.32. The van der Waals surface area contributed by atoms with Crippen molar-refractivity contribution >= 4 is 0 Å². The van der Waals surface area contributed by atoms with Crippen LogP contribution < -0.4 is 10.1 Å². The van der Waals surface area contributed by atoms with Crippen LogP contribution in [-0.4, -0.2) is 19.2 Å². The summed E-state index contributed by atoms with van der Waals surface area (Å²) in [6.07, 6.45) is 0. The predicted octanol–water partition coefficient (Wildman–Crippen LogP) is 2.38. The Bertz CT molecular complexity index is 359. The molecular weight excluding hydrogens is 198 g/mol. The highest BCUT2D eigenvalue weighted by atomic mass is 16.5. The van der Waals surface area contributed by atoms with Gasteiger partial charge in [-0.15, -0.1) is 5.92 Å². The Morgan fingerprint density at radius 2 is 2.00 bits per heavy atom. The fourth-order valence-electron chi connectivity index (χ4n) is 1.23. The highest BCUT2D eigenvalue weighted by Gasteiger charge is 2.00. The topological polar surface area (TPSA) is 21.3 Å². The van der Waals surface area contributed by atoms with Gasteiger partial charge in [-0.2, -0.15) is 0 Å². The molecule has 0 radical (unpaired) electrons. The minimum atomic E-state index is 0.308. The summed E-state index contributed by atoms with van der Waals surface area (Å²) in [5, 5.41) is 3.27. The van der Waals surface area contributed by atoms with Crippen molar-refractivity contribution in [3.63, 3.8) is 0 Å². The standard InChI is InChI=1S/C14H19NO/c1-4-5-10-15-13(3)11-16-14-8-6-12(2)7-9-14/h6-9,13,15H,10-11H2,1-3H3. The van der Waals surface area contributed by atoms with E-state index in [4.69, 9.17) is 4.74 Å². The van der Waals surface area contributed by atoms with E-state index < -0.39 is 0 Å². The van der Waals surface area contributed by atoms with Crippen molar-refractivity contribution in [3.8, 4) is 17.6 Å². The average Bonchev–Trinajstić information content (AvgIpc) is 2.29. The van der Waals surface area contributed by atoms with Crippen LogP contribution in [0.2, 0.25) is 0 Å². The van der Waals surface area contributed by atoms with Gasteiger partial charge in [0.2, 0.25) is 0 Å². The zero-order valence-corrected chi connectivity index (χ0v) is 10.2. The first-order valence-electron chi connectivity index (χ1n) is 5.55. The first-order chi connectivity index (χ1) is 7.72. The van der Waals surface area contributed by atoms with E-state index in [1.807, 2.05) is 19.1 Å². The summed E-state index contributed by atoms with van der Waals surface area (Å²) < 4.78 is 5.64. The number of ether oxygens (including phenoxy) is 1. The zero-order chi connectivity index (χ0) is 11.8. The molecule has 2 heteroatoms. The molecule has 1 aromatic carbocycles. The molecule has 1 atom stereocenters. The quantitative estimate of drug-likeness (QED) is 0.765. The van der Waals surface area contributed by atoms with Gasteiger partial charge in [0.15, 0.2) is 0 Å². The molecular formula is C14H19NO. The first-order valence-corrected chi connectivity index (χ1v) is 5.55. The molecule has 0 aromatic heterocycles. The molecule has 0 saturated carbocycles. The van der Waals surface area contributed by atoms with Crippen LogP contribution in [0.4, 0.5) is 0 Å². The van der Waals surface area contributed by atoms with Crippen molar-refractivity contribution in [2.24, 2.45) is 0 Å². The summed E-state index contributed by atoms with van der Waals surface area (Å²) in [5.41, 5.74) is 1.25. The fourth-order valence-corrected chi connectivity index (χ4v) is 1.23. The number of rotatable bonds is 5. The molecule has 0 aliphatic rings. The van der Waals surface area contributed by atoms with Gasteiger partial charge in [-0.05, 0) is 32.9 Å². The summed E-state index contributed by atoms with van der Waals surface area (Å²) in [4.78, 5) is 0. The highest BCUT2D eigenvalue weighted by Crippen LogP contribution is 2.11. The Morgan fingerprint density at radius 1 is 1.31 bits per heavy atom. The second-order valence-corrected chi connectivity index (χ2v) is 3.83. The van der Waals surface area contributed by atoms with Crippen molar-refractivity contribution in [3.05, 3.63) is 29.8 Å². The van der Waals surface area contributed by atoms with Gasteiger partial charge in [0.1, 0.15) is 12.4 Å². The minimum absolute atomic E-state index is 0.308. The van der Waals surface area contributed by atoms with E-state index in [0.717, 1.165) is 12.3 Å². The van der Waals surface area contributed by atoms with Crippen LogP contribution in [0, 0.1) is 18.8 Å². The number of benzene rings is 1. The summed E-state index contributed by atoms with van der Waals surface area (Å²) >= 11 is 0. The summed E-state index contributed by atoms with van der Waals surface area (Å²) in [5.74, 6) is 6.74. The maximum atomic E-state index is 5.64. The van der Waals surface area contributed by atoms with Crippen LogP contribution in [0.5, 0.6) is 5.75 Å². The van der Waals surface area contributed by atoms with E-state index in [1.165, 1.54) is 5.56 Å². The second-order valence-electron chi connectivity index (χ2n) is 3.83. The number of aryl methyl sites for hydroxylation is 1. The van der Waals surface area contributed by atoms with Gasteiger partial charge in [0, 0.05) is 6.04 Å². The van der Waals surface area contributed by atoms with Crippen LogP contribution in [0.1, 0.15) is 19.4 Å². The maximum Gasteiger partial charge on any atom is 0.119 e. The van der Waals surface area contributed by atoms with Gasteiger partial charge in [-0.25, -0.2) is 0 Å². The fraction of sp³-hybridized carbons (Fsp3) is 0.429. The molecule has 0 bridgehead atoms. The average molecular weight is 217 g/mol. The molecule has 1 aromatic rings. The van der Waals surface area contributed by atoms with E-state index in [2.05, 4.69) is 43.1 Å². The third-order valence-electron chi connectivity index (χ3n) is 2.24. The Balaban J connectivity index is 2.27. The van der Waals surface area contributed by atoms with Crippen LogP contribution in [0.15, 0.2) is 24.3 Å². The summed E-state index contributed by atoms with van der Waals surface area (Å²) in [7, 11) is 0. The number of hydrogen-bond donors (Lipinski definition) is 1. The molecule has 1 unspecified atom stereocenters. The molecule has 0 spiro atoms. The van der Waals surface area contributed by atoms with Crippen LogP contribution >= 0.6 is 0 Å². The largest absolute Gasteiger partial charge is 0.492 e. The first kappa shape index (κ1) is 12.6. The lowest BCUT2D eigenvalue weighted by atomic mass is 10.2. The van der Waals surface area contributed by atoms with Gasteiger partial charge < -0.3 is 10.1 Å². The van der Waals surface area contributed by atoms with E-state index in [-0.39, 0.29) is 0 Å². The van der Waals surface area contributed by atoms with Crippen LogP contribution in [0.25, 0.3) is 0 Å². The molecule has 0 amide bonds. The number of nitrogens with one attached hydrogen (secondary N) is 1. The van der Waals surface area contributed by atoms with Crippen molar-refractivity contribution in [1.29, 1.82) is 0 Å². The van der Waals surface area contributed by atoms with Crippen LogP contribution in [0.3, 0.4) is 0 Å². The van der Waals surface area contributed by atoms with Crippen molar-refractivity contribution in [2.75, 3.05) is 13.2 Å². The Hall–Kier alpha value is -1.46. The van der Waals surface area contributed by atoms with Gasteiger partial charge in [0.25, 0.3) is 0 Å². The van der Waals surface area contributed by atoms with Gasteiger partial charge in [-0.3, -0.25) is 0 Å². The molecule has 0 aliphatic carbocycles. The van der Waals surface area contributed by atoms with Crippen molar-refractivity contribution < 1.29 is 4.74 Å². The molecule has 0 heterocycles. The van der Waals surface area contributed by atoms with Gasteiger partial charge >= 0.3 is 0 Å².